The Morgan fingerprint density at radius 1 is 0.935 bits per heavy atom. The molecule has 0 bridgehead atoms. The molecule has 5 rings (SSSR count). The maximum absolute atomic E-state index is 12.9. The molecule has 8 nitrogen and oxygen atoms in total. The van der Waals surface area contributed by atoms with E-state index in [1.54, 1.807) is 0 Å². The second-order valence-electron chi connectivity index (χ2n) is 16.0. The first kappa shape index (κ1) is 34.6. The van der Waals surface area contributed by atoms with Gasteiger partial charge in [0.15, 0.2) is 0 Å². The normalized spacial score (nSPS) is 21.9. The van der Waals surface area contributed by atoms with Crippen molar-refractivity contribution in [3.63, 3.8) is 0 Å². The molecule has 0 unspecified atom stereocenters. The molecule has 0 spiro atoms. The minimum atomic E-state index is -0.221. The number of phenols is 1. The van der Waals surface area contributed by atoms with Crippen LogP contribution in [0, 0.1) is 23.2 Å². The third-order valence-corrected chi connectivity index (χ3v) is 10.9. The fourth-order valence-electron chi connectivity index (χ4n) is 7.28. The minimum Gasteiger partial charge on any atom is -0.508 e. The first-order valence-corrected chi connectivity index (χ1v) is 18.1. The number of carbonyl (C=O) groups excluding carboxylic acids is 3. The molecule has 1 aromatic heterocycles. The van der Waals surface area contributed by atoms with Crippen LogP contribution in [0.3, 0.4) is 0 Å². The van der Waals surface area contributed by atoms with Crippen LogP contribution in [0.1, 0.15) is 97.6 Å². The number of hydrogen-bond donors (Lipinski definition) is 3. The number of aromatic amines is 1. The number of aromatic hydroxyl groups is 1. The van der Waals surface area contributed by atoms with Gasteiger partial charge in [0.1, 0.15) is 5.75 Å². The molecule has 3 amide bonds. The van der Waals surface area contributed by atoms with Crippen molar-refractivity contribution in [2.75, 3.05) is 26.2 Å². The van der Waals surface area contributed by atoms with Crippen LogP contribution in [0.15, 0.2) is 29.3 Å². The van der Waals surface area contributed by atoms with E-state index in [4.69, 9.17) is 0 Å². The number of benzene rings is 1. The van der Waals surface area contributed by atoms with Gasteiger partial charge in [0.25, 0.3) is 11.8 Å². The van der Waals surface area contributed by atoms with Crippen LogP contribution in [0.2, 0.25) is 0 Å². The quantitative estimate of drug-likeness (QED) is 0.193. The van der Waals surface area contributed by atoms with Crippen LogP contribution in [0.25, 0.3) is 10.9 Å². The van der Waals surface area contributed by atoms with Crippen molar-refractivity contribution < 1.29 is 19.5 Å². The molecule has 1 saturated heterocycles. The predicted molar refractivity (Wildman–Crippen MR) is 186 cm³/mol. The zero-order valence-electron chi connectivity index (χ0n) is 28.7. The summed E-state index contributed by atoms with van der Waals surface area (Å²) in [5, 5.41) is 16.6. The molecule has 9 heteroatoms. The lowest BCUT2D eigenvalue weighted by molar-refractivity contribution is -0.138. The van der Waals surface area contributed by atoms with Gasteiger partial charge in [0, 0.05) is 53.4 Å². The third-order valence-electron chi connectivity index (χ3n) is 9.74. The molecule has 2 aromatic rings. The number of fused-ring (bicyclic) bond motifs is 1. The molecular weight excluding hydrogens is 596 g/mol. The number of amides is 3. The van der Waals surface area contributed by atoms with Crippen LogP contribution in [-0.2, 0) is 27.3 Å². The zero-order valence-corrected chi connectivity index (χ0v) is 29.5. The molecule has 1 aromatic carbocycles. The summed E-state index contributed by atoms with van der Waals surface area (Å²) in [5.74, 6) is 0.952. The maximum Gasteiger partial charge on any atom is 0.253 e. The van der Waals surface area contributed by atoms with E-state index in [1.165, 1.54) is 33.0 Å². The summed E-state index contributed by atoms with van der Waals surface area (Å²) in [6.07, 6.45) is 10.2. The van der Waals surface area contributed by atoms with Gasteiger partial charge in [-0.1, -0.05) is 41.5 Å². The Hall–Kier alpha value is -2.78. The van der Waals surface area contributed by atoms with Crippen molar-refractivity contribution in [1.82, 2.24) is 20.1 Å². The Kier molecular flexibility index (Phi) is 10.6. The summed E-state index contributed by atoms with van der Waals surface area (Å²) in [5.41, 5.74) is 3.56. The van der Waals surface area contributed by atoms with E-state index in [-0.39, 0.29) is 39.7 Å². The third kappa shape index (κ3) is 8.77. The summed E-state index contributed by atoms with van der Waals surface area (Å²) < 4.78 is 0.0765. The molecule has 1 aliphatic carbocycles. The Morgan fingerprint density at radius 2 is 1.59 bits per heavy atom. The molecular formula is C37H54N4O4S. The number of thioether (sulfide) groups is 1. The van der Waals surface area contributed by atoms with Gasteiger partial charge in [0.2, 0.25) is 5.91 Å². The Morgan fingerprint density at radius 3 is 2.20 bits per heavy atom. The van der Waals surface area contributed by atoms with E-state index in [2.05, 4.69) is 62.8 Å². The largest absolute Gasteiger partial charge is 0.508 e. The molecule has 3 aliphatic rings. The first-order chi connectivity index (χ1) is 21.7. The van der Waals surface area contributed by atoms with Crippen molar-refractivity contribution in [1.29, 1.82) is 0 Å². The average molecular weight is 651 g/mol. The fourth-order valence-corrected chi connectivity index (χ4v) is 8.35. The molecule has 0 radical (unpaired) electrons. The molecule has 2 aliphatic heterocycles. The summed E-state index contributed by atoms with van der Waals surface area (Å²) in [7, 11) is 0. The lowest BCUT2D eigenvalue weighted by atomic mass is 9.81. The van der Waals surface area contributed by atoms with Gasteiger partial charge in [-0.25, -0.2) is 0 Å². The van der Waals surface area contributed by atoms with Crippen molar-refractivity contribution >= 4 is 40.4 Å². The number of imide groups is 1. The molecule has 1 saturated carbocycles. The number of carbonyl (C=O) groups is 3. The van der Waals surface area contributed by atoms with E-state index in [0.29, 0.717) is 24.8 Å². The minimum absolute atomic E-state index is 0.0239. The lowest BCUT2D eigenvalue weighted by Crippen LogP contribution is -2.39. The smallest absolute Gasteiger partial charge is 0.253 e. The van der Waals surface area contributed by atoms with Gasteiger partial charge in [0.05, 0.1) is 10.5 Å². The SMILES string of the molecule is CC(C)(C)Cc1c(SC(C)(C)C)[nH]c2c(CN3CCC(CCNC(=O)C4CCC(CN5C(=O)C=CC5=O)CC4)CC3)c(O)ccc12. The van der Waals surface area contributed by atoms with Crippen LogP contribution in [0.4, 0.5) is 0 Å². The number of nitrogens with zero attached hydrogens (tertiary/aromatic N) is 2. The Balaban J connectivity index is 1.09. The summed E-state index contributed by atoms with van der Waals surface area (Å²) in [4.78, 5) is 44.2. The monoisotopic (exact) mass is 650 g/mol. The first-order valence-electron chi connectivity index (χ1n) is 17.2. The average Bonchev–Trinajstić information content (AvgIpc) is 3.47. The fraction of sp³-hybridized carbons (Fsp3) is 0.649. The second-order valence-corrected chi connectivity index (χ2v) is 17.8. The lowest BCUT2D eigenvalue weighted by Gasteiger charge is -2.32. The van der Waals surface area contributed by atoms with Gasteiger partial charge >= 0.3 is 0 Å². The van der Waals surface area contributed by atoms with E-state index >= 15 is 0 Å². The molecule has 2 fully saturated rings. The van der Waals surface area contributed by atoms with Crippen LogP contribution in [-0.4, -0.2) is 68.5 Å². The standard InChI is InChI=1S/C37H54N4O4S/c1-36(2,3)21-28-27-11-12-30(42)29(33(27)39-35(28)46-37(4,5)6)23-40-19-16-24(17-20-40)15-18-38-34(45)26-9-7-25(8-10-26)22-41-31(43)13-14-32(41)44/h11-14,24-26,39,42H,7-10,15-23H2,1-6H3,(H,38,45). The van der Waals surface area contributed by atoms with Crippen molar-refractivity contribution in [2.45, 2.75) is 109 Å². The van der Waals surface area contributed by atoms with Gasteiger partial charge in [-0.3, -0.25) is 24.2 Å². The maximum atomic E-state index is 12.9. The topological polar surface area (TPSA) is 106 Å². The molecule has 252 valence electrons. The van der Waals surface area contributed by atoms with E-state index in [0.717, 1.165) is 82.1 Å². The highest BCUT2D eigenvalue weighted by Gasteiger charge is 2.32. The van der Waals surface area contributed by atoms with Crippen molar-refractivity contribution in [2.24, 2.45) is 23.2 Å². The van der Waals surface area contributed by atoms with Crippen LogP contribution in [0.5, 0.6) is 5.75 Å². The highest BCUT2D eigenvalue weighted by atomic mass is 32.2. The number of hydrogen-bond acceptors (Lipinski definition) is 6. The van der Waals surface area contributed by atoms with Crippen molar-refractivity contribution in [3.05, 3.63) is 35.4 Å². The Labute approximate surface area is 279 Å². The van der Waals surface area contributed by atoms with E-state index in [9.17, 15) is 19.5 Å². The molecule has 3 N–H and O–H groups in total. The summed E-state index contributed by atoms with van der Waals surface area (Å²) in [6.45, 7) is 17.4. The van der Waals surface area contributed by atoms with Crippen molar-refractivity contribution in [3.8, 4) is 5.75 Å². The number of phenolic OH excluding ortho intramolecular Hbond substituents is 1. The van der Waals surface area contributed by atoms with Gasteiger partial charge in [-0.05, 0) is 99.4 Å². The number of piperidine rings is 1. The second kappa shape index (κ2) is 14.1. The highest BCUT2D eigenvalue weighted by molar-refractivity contribution is 8.00. The predicted octanol–water partition coefficient (Wildman–Crippen LogP) is 6.80. The van der Waals surface area contributed by atoms with Crippen LogP contribution < -0.4 is 5.32 Å². The Bertz CT molecular complexity index is 1430. The molecule has 3 heterocycles. The van der Waals surface area contributed by atoms with Gasteiger partial charge < -0.3 is 15.4 Å². The molecule has 0 atom stereocenters. The molecule has 46 heavy (non-hydrogen) atoms. The zero-order chi connectivity index (χ0) is 33.2. The van der Waals surface area contributed by atoms with Gasteiger partial charge in [-0.2, -0.15) is 0 Å². The van der Waals surface area contributed by atoms with E-state index < -0.39 is 0 Å². The van der Waals surface area contributed by atoms with Crippen LogP contribution >= 0.6 is 11.8 Å². The summed E-state index contributed by atoms with van der Waals surface area (Å²) >= 11 is 1.87. The number of likely N-dealkylation sites (tertiary alicyclic amines) is 1. The number of H-pyrrole nitrogens is 1. The van der Waals surface area contributed by atoms with E-state index in [1.807, 2.05) is 17.8 Å². The number of nitrogens with one attached hydrogen (secondary N) is 2. The summed E-state index contributed by atoms with van der Waals surface area (Å²) in [6, 6.07) is 3.96. The number of rotatable bonds is 10. The van der Waals surface area contributed by atoms with Gasteiger partial charge in [-0.15, -0.1) is 11.8 Å². The number of aromatic nitrogens is 1. The highest BCUT2D eigenvalue weighted by Crippen LogP contribution is 2.42.